The highest BCUT2D eigenvalue weighted by Gasteiger charge is 1.99. The monoisotopic (exact) mass is 145 g/mol. The van der Waals surface area contributed by atoms with Gasteiger partial charge in [-0.2, -0.15) is 0 Å². The van der Waals surface area contributed by atoms with Crippen molar-refractivity contribution in [1.29, 1.82) is 0 Å². The van der Waals surface area contributed by atoms with Crippen LogP contribution in [-0.2, 0) is 0 Å². The van der Waals surface area contributed by atoms with Crippen LogP contribution in [0.1, 0.15) is 6.92 Å². The minimum Gasteiger partial charge on any atom is -0.374 e. The van der Waals surface area contributed by atoms with E-state index in [2.05, 4.69) is 0 Å². The van der Waals surface area contributed by atoms with E-state index in [1.807, 2.05) is 6.92 Å². The summed E-state index contributed by atoms with van der Waals surface area (Å²) >= 11 is 0. The fourth-order valence-electron chi connectivity index (χ4n) is 0.364. The van der Waals surface area contributed by atoms with Gasteiger partial charge in [0.2, 0.25) is 0 Å². The lowest BCUT2D eigenvalue weighted by atomic mass is 10.6. The van der Waals surface area contributed by atoms with Gasteiger partial charge in [0.05, 0.1) is 6.20 Å². The van der Waals surface area contributed by atoms with Gasteiger partial charge >= 0.3 is 5.82 Å². The molecule has 10 heavy (non-hydrogen) atoms. The van der Waals surface area contributed by atoms with Gasteiger partial charge in [-0.3, -0.25) is 5.73 Å². The van der Waals surface area contributed by atoms with Crippen molar-refractivity contribution in [2.24, 2.45) is 5.73 Å². The molecular formula is C5H11N3O2. The quantitative estimate of drug-likeness (QED) is 0.447. The highest BCUT2D eigenvalue weighted by Crippen LogP contribution is 1.88. The van der Waals surface area contributed by atoms with E-state index in [0.717, 1.165) is 0 Å². The topological polar surface area (TPSA) is 72.4 Å². The molecule has 0 aromatic heterocycles. The summed E-state index contributed by atoms with van der Waals surface area (Å²) in [5.74, 6) is -0.329. The lowest BCUT2D eigenvalue weighted by Gasteiger charge is -2.08. The number of hydrogen-bond donors (Lipinski definition) is 1. The molecule has 0 spiro atoms. The predicted octanol–water partition coefficient (Wildman–Crippen LogP) is -0.0276. The van der Waals surface area contributed by atoms with E-state index >= 15 is 0 Å². The Balaban J connectivity index is 4.02. The van der Waals surface area contributed by atoms with Crippen molar-refractivity contribution in [2.75, 3.05) is 13.6 Å². The summed E-state index contributed by atoms with van der Waals surface area (Å²) in [6, 6.07) is 0. The zero-order valence-electron chi connectivity index (χ0n) is 6.07. The van der Waals surface area contributed by atoms with Gasteiger partial charge in [-0.05, 0) is 11.8 Å². The SMILES string of the molecule is CCN(C)/C=C(\N)[N+](=O)[O-]. The van der Waals surface area contributed by atoms with Crippen molar-refractivity contribution < 1.29 is 4.92 Å². The summed E-state index contributed by atoms with van der Waals surface area (Å²) in [6.45, 7) is 2.58. The van der Waals surface area contributed by atoms with Gasteiger partial charge in [-0.25, -0.2) is 0 Å². The molecule has 2 N–H and O–H groups in total. The van der Waals surface area contributed by atoms with Gasteiger partial charge in [-0.15, -0.1) is 0 Å². The molecule has 0 aliphatic rings. The first-order valence-electron chi connectivity index (χ1n) is 2.89. The van der Waals surface area contributed by atoms with E-state index in [1.165, 1.54) is 6.20 Å². The smallest absolute Gasteiger partial charge is 0.330 e. The zero-order chi connectivity index (χ0) is 8.15. The van der Waals surface area contributed by atoms with Crippen LogP contribution in [0, 0.1) is 10.1 Å². The van der Waals surface area contributed by atoms with Crippen molar-refractivity contribution in [2.45, 2.75) is 6.92 Å². The first-order valence-corrected chi connectivity index (χ1v) is 2.89. The normalized spacial score (nSPS) is 11.2. The van der Waals surface area contributed by atoms with E-state index < -0.39 is 4.92 Å². The molecule has 0 bridgehead atoms. The minimum atomic E-state index is -0.619. The lowest BCUT2D eigenvalue weighted by molar-refractivity contribution is -0.427. The van der Waals surface area contributed by atoms with Crippen LogP contribution in [0.4, 0.5) is 0 Å². The summed E-state index contributed by atoms with van der Waals surface area (Å²) in [6.07, 6.45) is 1.29. The molecular weight excluding hydrogens is 134 g/mol. The Bertz CT molecular complexity index is 155. The second-order valence-electron chi connectivity index (χ2n) is 1.88. The van der Waals surface area contributed by atoms with Crippen LogP contribution in [0.5, 0.6) is 0 Å². The molecule has 0 fully saturated rings. The van der Waals surface area contributed by atoms with Gasteiger partial charge in [-0.1, -0.05) is 0 Å². The van der Waals surface area contributed by atoms with E-state index in [0.29, 0.717) is 6.54 Å². The third kappa shape index (κ3) is 2.91. The molecule has 0 aromatic carbocycles. The van der Waals surface area contributed by atoms with Crippen LogP contribution >= 0.6 is 0 Å². The van der Waals surface area contributed by atoms with Crippen LogP contribution in [0.3, 0.4) is 0 Å². The van der Waals surface area contributed by atoms with Gasteiger partial charge in [0, 0.05) is 13.6 Å². The number of nitro groups is 1. The predicted molar refractivity (Wildman–Crippen MR) is 37.6 cm³/mol. The Morgan fingerprint density at radius 1 is 1.90 bits per heavy atom. The van der Waals surface area contributed by atoms with Crippen LogP contribution in [-0.4, -0.2) is 23.4 Å². The molecule has 0 saturated heterocycles. The second kappa shape index (κ2) is 3.71. The summed E-state index contributed by atoms with van der Waals surface area (Å²) in [5, 5.41) is 9.94. The lowest BCUT2D eigenvalue weighted by Crippen LogP contribution is -2.17. The second-order valence-corrected chi connectivity index (χ2v) is 1.88. The fraction of sp³-hybridized carbons (Fsp3) is 0.600. The van der Waals surface area contributed by atoms with Crippen molar-refractivity contribution in [1.82, 2.24) is 4.90 Å². The first-order chi connectivity index (χ1) is 4.57. The van der Waals surface area contributed by atoms with Crippen LogP contribution in [0.25, 0.3) is 0 Å². The maximum atomic E-state index is 9.94. The standard InChI is InChI=1S/C5H11N3O2/c1-3-7(2)4-5(6)8(9)10/h4H,3,6H2,1-2H3/b5-4+. The number of nitrogens with zero attached hydrogens (tertiary/aromatic N) is 2. The Kier molecular flexibility index (Phi) is 3.24. The van der Waals surface area contributed by atoms with Gasteiger partial charge < -0.3 is 15.0 Å². The fourth-order valence-corrected chi connectivity index (χ4v) is 0.364. The highest BCUT2D eigenvalue weighted by atomic mass is 16.6. The highest BCUT2D eigenvalue weighted by molar-refractivity contribution is 4.83. The van der Waals surface area contributed by atoms with Crippen molar-refractivity contribution in [3.8, 4) is 0 Å². The zero-order valence-corrected chi connectivity index (χ0v) is 6.07. The van der Waals surface area contributed by atoms with Gasteiger partial charge in [0.25, 0.3) is 0 Å². The maximum Gasteiger partial charge on any atom is 0.330 e. The number of hydrogen-bond acceptors (Lipinski definition) is 4. The van der Waals surface area contributed by atoms with E-state index in [-0.39, 0.29) is 5.82 Å². The van der Waals surface area contributed by atoms with Crippen molar-refractivity contribution >= 4 is 0 Å². The molecule has 0 amide bonds. The molecule has 58 valence electrons. The average molecular weight is 145 g/mol. The molecule has 0 aliphatic carbocycles. The van der Waals surface area contributed by atoms with Crippen LogP contribution in [0.15, 0.2) is 12.0 Å². The molecule has 0 heterocycles. The Morgan fingerprint density at radius 3 is 2.70 bits per heavy atom. The molecule has 0 radical (unpaired) electrons. The van der Waals surface area contributed by atoms with Crippen LogP contribution < -0.4 is 5.73 Å². The molecule has 0 atom stereocenters. The summed E-state index contributed by atoms with van der Waals surface area (Å²) in [4.78, 5) is 11.0. The molecule has 0 aliphatic heterocycles. The Morgan fingerprint density at radius 2 is 2.40 bits per heavy atom. The molecule has 0 saturated carbocycles. The van der Waals surface area contributed by atoms with Gasteiger partial charge in [0.15, 0.2) is 0 Å². The third-order valence-corrected chi connectivity index (χ3v) is 1.06. The van der Waals surface area contributed by atoms with E-state index in [9.17, 15) is 10.1 Å². The molecule has 5 nitrogen and oxygen atoms in total. The Hall–Kier alpha value is -1.26. The molecule has 5 heteroatoms. The summed E-state index contributed by atoms with van der Waals surface area (Å²) in [7, 11) is 1.72. The average Bonchev–Trinajstić information content (AvgIpc) is 1.87. The number of rotatable bonds is 3. The molecule has 0 unspecified atom stereocenters. The molecule has 0 rings (SSSR count). The maximum absolute atomic E-state index is 9.94. The van der Waals surface area contributed by atoms with Crippen LogP contribution in [0.2, 0.25) is 0 Å². The molecule has 0 aromatic rings. The van der Waals surface area contributed by atoms with Crippen molar-refractivity contribution in [3.05, 3.63) is 22.1 Å². The summed E-state index contributed by atoms with van der Waals surface area (Å²) < 4.78 is 0. The Labute approximate surface area is 59.3 Å². The first kappa shape index (κ1) is 8.74. The largest absolute Gasteiger partial charge is 0.374 e. The van der Waals surface area contributed by atoms with Crippen molar-refractivity contribution in [3.63, 3.8) is 0 Å². The summed E-state index contributed by atoms with van der Waals surface area (Å²) in [5.41, 5.74) is 5.01. The number of nitrogens with two attached hydrogens (primary N) is 1. The van der Waals surface area contributed by atoms with E-state index in [4.69, 9.17) is 5.73 Å². The van der Waals surface area contributed by atoms with Gasteiger partial charge in [0.1, 0.15) is 0 Å². The minimum absolute atomic E-state index is 0.329. The van der Waals surface area contributed by atoms with E-state index in [1.54, 1.807) is 11.9 Å². The third-order valence-electron chi connectivity index (χ3n) is 1.06.